The van der Waals surface area contributed by atoms with Crippen molar-refractivity contribution >= 4 is 39.2 Å². The van der Waals surface area contributed by atoms with E-state index in [1.165, 1.54) is 31.5 Å². The molecule has 1 heterocycles. The standard InChI is InChI=1S/C21H21N3O5S2/c1-3-29-18-11-10-15(13-19(18)28-2)14-22-23-21(25)16-7-4-5-8-17(16)24-31(26,27)20-9-6-12-30-20/h4-14,24H,3H2,1-2H3,(H,23,25). The molecule has 3 rings (SSSR count). The van der Waals surface area contributed by atoms with Crippen LogP contribution in [0.15, 0.2) is 69.3 Å². The largest absolute Gasteiger partial charge is 0.493 e. The molecule has 1 aromatic heterocycles. The van der Waals surface area contributed by atoms with Crippen LogP contribution in [0.1, 0.15) is 22.8 Å². The van der Waals surface area contributed by atoms with Gasteiger partial charge in [0.15, 0.2) is 11.5 Å². The van der Waals surface area contributed by atoms with Gasteiger partial charge in [0, 0.05) is 0 Å². The van der Waals surface area contributed by atoms with Gasteiger partial charge in [-0.1, -0.05) is 18.2 Å². The number of thiophene rings is 1. The van der Waals surface area contributed by atoms with E-state index in [1.54, 1.807) is 41.8 Å². The zero-order valence-corrected chi connectivity index (χ0v) is 18.5. The summed E-state index contributed by atoms with van der Waals surface area (Å²) in [5.41, 5.74) is 3.40. The van der Waals surface area contributed by atoms with Crippen molar-refractivity contribution in [2.45, 2.75) is 11.1 Å². The quantitative estimate of drug-likeness (QED) is 0.375. The Labute approximate surface area is 184 Å². The lowest BCUT2D eigenvalue weighted by Crippen LogP contribution is -2.21. The lowest BCUT2D eigenvalue weighted by Gasteiger charge is -2.11. The van der Waals surface area contributed by atoms with E-state index >= 15 is 0 Å². The smallest absolute Gasteiger partial charge is 0.273 e. The molecule has 0 bridgehead atoms. The van der Waals surface area contributed by atoms with Gasteiger partial charge in [-0.15, -0.1) is 11.3 Å². The van der Waals surface area contributed by atoms with Gasteiger partial charge in [-0.25, -0.2) is 13.8 Å². The van der Waals surface area contributed by atoms with Gasteiger partial charge >= 0.3 is 0 Å². The maximum Gasteiger partial charge on any atom is 0.273 e. The van der Waals surface area contributed by atoms with Crippen LogP contribution in [0.25, 0.3) is 0 Å². The molecule has 0 aliphatic carbocycles. The fraction of sp³-hybridized carbons (Fsp3) is 0.143. The SMILES string of the molecule is CCOc1ccc(C=NNC(=O)c2ccccc2NS(=O)(=O)c2cccs2)cc1OC. The van der Waals surface area contributed by atoms with Gasteiger partial charge in [0.2, 0.25) is 0 Å². The van der Waals surface area contributed by atoms with E-state index in [0.717, 1.165) is 11.3 Å². The average molecular weight is 460 g/mol. The lowest BCUT2D eigenvalue weighted by atomic mass is 10.2. The third-order valence-corrected chi connectivity index (χ3v) is 6.81. The number of benzene rings is 2. The molecule has 10 heteroatoms. The third-order valence-electron chi connectivity index (χ3n) is 4.04. The van der Waals surface area contributed by atoms with E-state index in [9.17, 15) is 13.2 Å². The number of hydrogen-bond acceptors (Lipinski definition) is 7. The summed E-state index contributed by atoms with van der Waals surface area (Å²) in [5.74, 6) is 0.599. The molecule has 8 nitrogen and oxygen atoms in total. The molecule has 2 N–H and O–H groups in total. The maximum absolute atomic E-state index is 12.6. The fourth-order valence-corrected chi connectivity index (χ4v) is 4.72. The van der Waals surface area contributed by atoms with E-state index in [0.29, 0.717) is 23.7 Å². The van der Waals surface area contributed by atoms with Crippen LogP contribution in [0.4, 0.5) is 5.69 Å². The Morgan fingerprint density at radius 1 is 1.13 bits per heavy atom. The number of carbonyl (C=O) groups is 1. The van der Waals surface area contributed by atoms with Gasteiger partial charge in [-0.3, -0.25) is 9.52 Å². The summed E-state index contributed by atoms with van der Waals surface area (Å²) < 4.78 is 38.3. The molecule has 2 aromatic carbocycles. The number of methoxy groups -OCH3 is 1. The van der Waals surface area contributed by atoms with E-state index in [2.05, 4.69) is 15.2 Å². The first-order valence-electron chi connectivity index (χ1n) is 9.24. The Kier molecular flexibility index (Phi) is 7.27. The number of rotatable bonds is 9. The number of sulfonamides is 1. The second-order valence-electron chi connectivity index (χ2n) is 6.13. The number of nitrogens with one attached hydrogen (secondary N) is 2. The van der Waals surface area contributed by atoms with Crippen LogP contribution in [-0.4, -0.2) is 34.3 Å². The second-order valence-corrected chi connectivity index (χ2v) is 8.98. The van der Waals surface area contributed by atoms with E-state index < -0.39 is 15.9 Å². The predicted octanol–water partition coefficient (Wildman–Crippen LogP) is 3.72. The highest BCUT2D eigenvalue weighted by Crippen LogP contribution is 2.27. The fourth-order valence-electron chi connectivity index (χ4n) is 2.65. The van der Waals surface area contributed by atoms with Crippen molar-refractivity contribution in [3.63, 3.8) is 0 Å². The molecule has 31 heavy (non-hydrogen) atoms. The van der Waals surface area contributed by atoms with Crippen LogP contribution < -0.4 is 19.6 Å². The van der Waals surface area contributed by atoms with Gasteiger partial charge in [0.1, 0.15) is 4.21 Å². The molecule has 0 spiro atoms. The highest BCUT2D eigenvalue weighted by molar-refractivity contribution is 7.94. The zero-order chi connectivity index (χ0) is 22.3. The minimum atomic E-state index is -3.78. The summed E-state index contributed by atoms with van der Waals surface area (Å²) in [4.78, 5) is 12.6. The van der Waals surface area contributed by atoms with Crippen molar-refractivity contribution in [1.29, 1.82) is 0 Å². The second kappa shape index (κ2) is 10.1. The monoisotopic (exact) mass is 459 g/mol. The van der Waals surface area contributed by atoms with Crippen molar-refractivity contribution in [2.24, 2.45) is 5.10 Å². The van der Waals surface area contributed by atoms with Crippen molar-refractivity contribution in [3.8, 4) is 11.5 Å². The van der Waals surface area contributed by atoms with E-state index in [1.807, 2.05) is 6.92 Å². The topological polar surface area (TPSA) is 106 Å². The van der Waals surface area contributed by atoms with E-state index in [-0.39, 0.29) is 15.5 Å². The normalized spacial score (nSPS) is 11.3. The number of hydrogen-bond donors (Lipinski definition) is 2. The van der Waals surface area contributed by atoms with Crippen LogP contribution in [0, 0.1) is 0 Å². The summed E-state index contributed by atoms with van der Waals surface area (Å²) in [6.45, 7) is 2.39. The molecule has 0 aliphatic rings. The summed E-state index contributed by atoms with van der Waals surface area (Å²) in [6.07, 6.45) is 1.45. The predicted molar refractivity (Wildman–Crippen MR) is 121 cm³/mol. The number of nitrogens with zero attached hydrogens (tertiary/aromatic N) is 1. The molecular weight excluding hydrogens is 438 g/mol. The number of ether oxygens (including phenoxy) is 2. The number of amides is 1. The van der Waals surface area contributed by atoms with Crippen molar-refractivity contribution in [3.05, 3.63) is 71.1 Å². The van der Waals surface area contributed by atoms with Crippen molar-refractivity contribution in [1.82, 2.24) is 5.43 Å². The van der Waals surface area contributed by atoms with Crippen LogP contribution in [0.2, 0.25) is 0 Å². The minimum absolute atomic E-state index is 0.143. The van der Waals surface area contributed by atoms with Gasteiger partial charge in [0.05, 0.1) is 31.2 Å². The molecule has 0 fully saturated rings. The minimum Gasteiger partial charge on any atom is -0.493 e. The third kappa shape index (κ3) is 5.62. The Balaban J connectivity index is 1.73. The summed E-state index contributed by atoms with van der Waals surface area (Å²) in [5, 5.41) is 5.62. The van der Waals surface area contributed by atoms with Gasteiger partial charge < -0.3 is 9.47 Å². The van der Waals surface area contributed by atoms with Crippen LogP contribution >= 0.6 is 11.3 Å². The van der Waals surface area contributed by atoms with Gasteiger partial charge in [-0.2, -0.15) is 5.10 Å². The van der Waals surface area contributed by atoms with E-state index in [4.69, 9.17) is 9.47 Å². The molecular formula is C21H21N3O5S2. The van der Waals surface area contributed by atoms with Crippen LogP contribution in [-0.2, 0) is 10.0 Å². The highest BCUT2D eigenvalue weighted by Gasteiger charge is 2.19. The molecule has 0 radical (unpaired) electrons. The number of anilines is 1. The van der Waals surface area contributed by atoms with Gasteiger partial charge in [-0.05, 0) is 54.3 Å². The molecule has 0 atom stereocenters. The Morgan fingerprint density at radius 3 is 2.65 bits per heavy atom. The molecule has 1 amide bonds. The molecule has 0 saturated carbocycles. The molecule has 162 valence electrons. The maximum atomic E-state index is 12.6. The average Bonchev–Trinajstić information content (AvgIpc) is 3.31. The Morgan fingerprint density at radius 2 is 1.94 bits per heavy atom. The number of carbonyl (C=O) groups excluding carboxylic acids is 1. The zero-order valence-electron chi connectivity index (χ0n) is 16.9. The van der Waals surface area contributed by atoms with Crippen LogP contribution in [0.3, 0.4) is 0 Å². The van der Waals surface area contributed by atoms with Crippen molar-refractivity contribution < 1.29 is 22.7 Å². The first kappa shape index (κ1) is 22.3. The highest BCUT2D eigenvalue weighted by atomic mass is 32.2. The molecule has 0 saturated heterocycles. The number of hydrazone groups is 1. The molecule has 0 unspecified atom stereocenters. The van der Waals surface area contributed by atoms with Crippen LogP contribution in [0.5, 0.6) is 11.5 Å². The Bertz CT molecular complexity index is 1180. The lowest BCUT2D eigenvalue weighted by molar-refractivity contribution is 0.0956. The first-order chi connectivity index (χ1) is 14.9. The first-order valence-corrected chi connectivity index (χ1v) is 11.6. The molecule has 3 aromatic rings. The Hall–Kier alpha value is -3.37. The van der Waals surface area contributed by atoms with Crippen molar-refractivity contribution in [2.75, 3.05) is 18.4 Å². The summed E-state index contributed by atoms with van der Waals surface area (Å²) in [6, 6.07) is 14.7. The molecule has 0 aliphatic heterocycles. The summed E-state index contributed by atoms with van der Waals surface area (Å²) >= 11 is 1.09. The summed E-state index contributed by atoms with van der Waals surface area (Å²) in [7, 11) is -2.25. The van der Waals surface area contributed by atoms with Gasteiger partial charge in [0.25, 0.3) is 15.9 Å². The number of para-hydroxylation sites is 1.